The first kappa shape index (κ1) is 14.7. The number of ketones is 1. The summed E-state index contributed by atoms with van der Waals surface area (Å²) in [4.78, 5) is 14.5. The molecule has 0 amide bonds. The molecule has 3 heteroatoms. The van der Waals surface area contributed by atoms with Crippen LogP contribution in [0.1, 0.15) is 48.9 Å². The Hall–Kier alpha value is -1.19. The van der Waals surface area contributed by atoms with Crippen LogP contribution >= 0.6 is 0 Å². The smallest absolute Gasteiger partial charge is 0.176 e. The van der Waals surface area contributed by atoms with Crippen LogP contribution in [0.5, 0.6) is 0 Å². The highest BCUT2D eigenvalue weighted by Gasteiger charge is 2.44. The molecule has 1 spiro atoms. The van der Waals surface area contributed by atoms with E-state index in [4.69, 9.17) is 5.73 Å². The minimum Gasteiger partial charge on any atom is -0.328 e. The topological polar surface area (TPSA) is 46.3 Å². The van der Waals surface area contributed by atoms with E-state index in [1.807, 2.05) is 30.3 Å². The molecule has 0 aliphatic heterocycles. The number of hydrogen-bond donors (Lipinski definition) is 1. The summed E-state index contributed by atoms with van der Waals surface area (Å²) < 4.78 is 0. The van der Waals surface area contributed by atoms with Crippen LogP contribution in [0.25, 0.3) is 0 Å². The van der Waals surface area contributed by atoms with E-state index in [0.29, 0.717) is 24.0 Å². The maximum absolute atomic E-state index is 12.3. The largest absolute Gasteiger partial charge is 0.328 e. The molecule has 0 bridgehead atoms. The van der Waals surface area contributed by atoms with Gasteiger partial charge in [-0.1, -0.05) is 30.3 Å². The molecule has 0 atom stereocenters. The van der Waals surface area contributed by atoms with E-state index in [1.54, 1.807) is 0 Å². The average molecular weight is 286 g/mol. The predicted octanol–water partition coefficient (Wildman–Crippen LogP) is 2.85. The van der Waals surface area contributed by atoms with Crippen molar-refractivity contribution in [1.29, 1.82) is 0 Å². The van der Waals surface area contributed by atoms with Gasteiger partial charge < -0.3 is 5.73 Å². The van der Waals surface area contributed by atoms with Gasteiger partial charge >= 0.3 is 0 Å². The zero-order valence-electron chi connectivity index (χ0n) is 12.9. The van der Waals surface area contributed by atoms with Crippen molar-refractivity contribution in [3.63, 3.8) is 0 Å². The van der Waals surface area contributed by atoms with E-state index in [9.17, 15) is 4.79 Å². The Balaban J connectivity index is 1.50. The third kappa shape index (κ3) is 3.19. The molecular formula is C18H26N2O. The molecule has 1 aromatic rings. The van der Waals surface area contributed by atoms with E-state index in [2.05, 4.69) is 11.9 Å². The van der Waals surface area contributed by atoms with Gasteiger partial charge in [-0.2, -0.15) is 0 Å². The lowest BCUT2D eigenvalue weighted by Crippen LogP contribution is -2.50. The molecule has 0 heterocycles. The molecule has 1 aromatic carbocycles. The molecule has 21 heavy (non-hydrogen) atoms. The van der Waals surface area contributed by atoms with Crippen LogP contribution in [0.3, 0.4) is 0 Å². The number of rotatable bonds is 4. The molecule has 2 saturated carbocycles. The van der Waals surface area contributed by atoms with Crippen molar-refractivity contribution in [2.24, 2.45) is 11.1 Å². The van der Waals surface area contributed by atoms with Crippen molar-refractivity contribution in [1.82, 2.24) is 4.90 Å². The number of carbonyl (C=O) groups excluding carboxylic acids is 1. The molecular weight excluding hydrogens is 260 g/mol. The summed E-state index contributed by atoms with van der Waals surface area (Å²) in [7, 11) is 2.09. The third-order valence-corrected chi connectivity index (χ3v) is 5.52. The molecule has 2 N–H and O–H groups in total. The summed E-state index contributed by atoms with van der Waals surface area (Å²) in [6.07, 6.45) is 7.43. The fraction of sp³-hybridized carbons (Fsp3) is 0.611. The predicted molar refractivity (Wildman–Crippen MR) is 85.3 cm³/mol. The van der Waals surface area contributed by atoms with E-state index in [-0.39, 0.29) is 5.78 Å². The van der Waals surface area contributed by atoms with Crippen molar-refractivity contribution in [2.45, 2.75) is 50.6 Å². The molecule has 114 valence electrons. The zero-order valence-corrected chi connectivity index (χ0v) is 12.9. The molecule has 0 aromatic heterocycles. The van der Waals surface area contributed by atoms with E-state index < -0.39 is 0 Å². The molecule has 2 fully saturated rings. The van der Waals surface area contributed by atoms with Crippen molar-refractivity contribution in [3.05, 3.63) is 35.9 Å². The lowest BCUT2D eigenvalue weighted by atomic mass is 9.58. The van der Waals surface area contributed by atoms with Gasteiger partial charge in [0.05, 0.1) is 6.54 Å². The first-order valence-electron chi connectivity index (χ1n) is 8.12. The fourth-order valence-corrected chi connectivity index (χ4v) is 4.19. The molecule has 3 nitrogen and oxygen atoms in total. The Morgan fingerprint density at radius 2 is 1.86 bits per heavy atom. The Labute approximate surface area is 127 Å². The number of hydrogen-bond acceptors (Lipinski definition) is 3. The van der Waals surface area contributed by atoms with Crippen LogP contribution in [0, 0.1) is 5.41 Å². The lowest BCUT2D eigenvalue weighted by Gasteiger charge is -2.51. The molecule has 2 aliphatic rings. The number of Topliss-reactive ketones (excluding diaryl/α,β-unsaturated/α-hetero) is 1. The van der Waals surface area contributed by atoms with E-state index in [1.165, 1.54) is 38.5 Å². The molecule has 0 radical (unpaired) electrons. The van der Waals surface area contributed by atoms with Gasteiger partial charge in [0, 0.05) is 17.6 Å². The third-order valence-electron chi connectivity index (χ3n) is 5.52. The summed E-state index contributed by atoms with van der Waals surface area (Å²) in [6.45, 7) is 0.529. The number of likely N-dealkylation sites (N-methyl/N-ethyl adjacent to an activating group) is 1. The lowest BCUT2D eigenvalue weighted by molar-refractivity contribution is 0.0229. The van der Waals surface area contributed by atoms with E-state index >= 15 is 0 Å². The summed E-state index contributed by atoms with van der Waals surface area (Å²) in [5, 5.41) is 0. The molecule has 0 saturated heterocycles. The Kier molecular flexibility index (Phi) is 4.14. The summed E-state index contributed by atoms with van der Waals surface area (Å²) >= 11 is 0. The van der Waals surface area contributed by atoms with Gasteiger partial charge in [-0.25, -0.2) is 0 Å². The van der Waals surface area contributed by atoms with Crippen LogP contribution in [0.4, 0.5) is 0 Å². The van der Waals surface area contributed by atoms with Crippen molar-refractivity contribution in [3.8, 4) is 0 Å². The zero-order chi connectivity index (χ0) is 14.9. The highest BCUT2D eigenvalue weighted by atomic mass is 16.1. The number of benzene rings is 1. The standard InChI is InChI=1S/C18H26N2O/c1-20(13-17(21)14-5-3-2-4-6-14)16-7-9-18(10-8-16)11-15(19)12-18/h2-6,15-16H,7-13,19H2,1H3/t15-,16-,18?. The van der Waals surface area contributed by atoms with E-state index in [0.717, 1.165) is 5.56 Å². The van der Waals surface area contributed by atoms with Gasteiger partial charge in [-0.05, 0) is 51.0 Å². The van der Waals surface area contributed by atoms with Crippen molar-refractivity contribution in [2.75, 3.05) is 13.6 Å². The Morgan fingerprint density at radius 1 is 1.24 bits per heavy atom. The van der Waals surface area contributed by atoms with Crippen LogP contribution in [-0.2, 0) is 0 Å². The highest BCUT2D eigenvalue weighted by Crippen LogP contribution is 2.51. The monoisotopic (exact) mass is 286 g/mol. The SMILES string of the molecule is CN(CC(=O)c1ccccc1)[C@H]1CCC2(CC1)C[C@@H](N)C2. The second-order valence-corrected chi connectivity index (χ2v) is 7.10. The molecule has 2 aliphatic carbocycles. The Morgan fingerprint density at radius 3 is 2.43 bits per heavy atom. The quantitative estimate of drug-likeness (QED) is 0.866. The minimum atomic E-state index is 0.226. The summed E-state index contributed by atoms with van der Waals surface area (Å²) in [5.74, 6) is 0.226. The average Bonchev–Trinajstić information content (AvgIpc) is 2.47. The second-order valence-electron chi connectivity index (χ2n) is 7.10. The van der Waals surface area contributed by atoms with Gasteiger partial charge in [0.15, 0.2) is 5.78 Å². The summed E-state index contributed by atoms with van der Waals surface area (Å²) in [6, 6.07) is 10.6. The van der Waals surface area contributed by atoms with Crippen LogP contribution in [0.15, 0.2) is 30.3 Å². The van der Waals surface area contributed by atoms with Gasteiger partial charge in [-0.3, -0.25) is 9.69 Å². The van der Waals surface area contributed by atoms with Crippen LogP contribution in [-0.4, -0.2) is 36.4 Å². The van der Waals surface area contributed by atoms with Crippen LogP contribution < -0.4 is 5.73 Å². The van der Waals surface area contributed by atoms with Crippen LogP contribution in [0.2, 0.25) is 0 Å². The van der Waals surface area contributed by atoms with Gasteiger partial charge in [0.1, 0.15) is 0 Å². The minimum absolute atomic E-state index is 0.226. The van der Waals surface area contributed by atoms with Crippen molar-refractivity contribution >= 4 is 5.78 Å². The molecule has 3 rings (SSSR count). The summed E-state index contributed by atoms with van der Waals surface area (Å²) in [5.41, 5.74) is 7.33. The Bertz CT molecular complexity index is 483. The first-order chi connectivity index (χ1) is 10.1. The molecule has 0 unspecified atom stereocenters. The van der Waals surface area contributed by atoms with Crippen molar-refractivity contribution < 1.29 is 4.79 Å². The second kappa shape index (κ2) is 5.90. The van der Waals surface area contributed by atoms with Gasteiger partial charge in [-0.15, -0.1) is 0 Å². The van der Waals surface area contributed by atoms with Gasteiger partial charge in [0.25, 0.3) is 0 Å². The highest BCUT2D eigenvalue weighted by molar-refractivity contribution is 5.97. The first-order valence-corrected chi connectivity index (χ1v) is 8.12. The maximum atomic E-state index is 12.3. The fourth-order valence-electron chi connectivity index (χ4n) is 4.19. The number of nitrogens with two attached hydrogens (primary N) is 1. The van der Waals surface area contributed by atoms with Gasteiger partial charge in [0.2, 0.25) is 0 Å². The normalized spacial score (nSPS) is 32.1. The number of carbonyl (C=O) groups is 1. The maximum Gasteiger partial charge on any atom is 0.176 e. The number of nitrogens with zero attached hydrogens (tertiary/aromatic N) is 1.